The van der Waals surface area contributed by atoms with Gasteiger partial charge in [0.15, 0.2) is 0 Å². The van der Waals surface area contributed by atoms with Crippen molar-refractivity contribution in [3.05, 3.63) is 42.5 Å². The van der Waals surface area contributed by atoms with Gasteiger partial charge >= 0.3 is 0 Å². The molecule has 120 valence electrons. The SMILES string of the molecule is C=CCC(=O)C(C)(C)C1(c2ccc(OC)cc2)OCCCO1. The van der Waals surface area contributed by atoms with E-state index < -0.39 is 11.2 Å². The maximum Gasteiger partial charge on any atom is 0.207 e. The quantitative estimate of drug-likeness (QED) is 0.755. The van der Waals surface area contributed by atoms with Gasteiger partial charge in [0.2, 0.25) is 5.79 Å². The highest BCUT2D eigenvalue weighted by atomic mass is 16.7. The number of Topliss-reactive ketones (excluding diaryl/α,β-unsaturated/α-hetero) is 1. The highest BCUT2D eigenvalue weighted by Gasteiger charge is 2.54. The normalized spacial score (nSPS) is 17.8. The van der Waals surface area contributed by atoms with E-state index in [2.05, 4.69) is 6.58 Å². The van der Waals surface area contributed by atoms with Crippen LogP contribution in [0.2, 0.25) is 0 Å². The summed E-state index contributed by atoms with van der Waals surface area (Å²) >= 11 is 0. The van der Waals surface area contributed by atoms with Crippen molar-refractivity contribution in [1.29, 1.82) is 0 Å². The van der Waals surface area contributed by atoms with E-state index in [-0.39, 0.29) is 12.2 Å². The maximum atomic E-state index is 12.6. The average Bonchev–Trinajstić information content (AvgIpc) is 2.55. The molecule has 0 amide bonds. The predicted octanol–water partition coefficient (Wildman–Crippen LogP) is 3.46. The summed E-state index contributed by atoms with van der Waals surface area (Å²) < 4.78 is 17.3. The summed E-state index contributed by atoms with van der Waals surface area (Å²) in [5.74, 6) is -0.275. The molecule has 1 fully saturated rings. The Hall–Kier alpha value is -1.65. The molecule has 4 heteroatoms. The number of benzene rings is 1. The van der Waals surface area contributed by atoms with Crippen LogP contribution in [0.4, 0.5) is 0 Å². The van der Waals surface area contributed by atoms with Crippen LogP contribution >= 0.6 is 0 Å². The Bertz CT molecular complexity index is 525. The van der Waals surface area contributed by atoms with Crippen LogP contribution < -0.4 is 4.74 Å². The molecular formula is C18H24O4. The van der Waals surface area contributed by atoms with Crippen LogP contribution in [-0.2, 0) is 20.1 Å². The van der Waals surface area contributed by atoms with Gasteiger partial charge in [0.05, 0.1) is 25.7 Å². The van der Waals surface area contributed by atoms with Crippen molar-refractivity contribution in [3.63, 3.8) is 0 Å². The molecular weight excluding hydrogens is 280 g/mol. The third kappa shape index (κ3) is 2.81. The van der Waals surface area contributed by atoms with E-state index in [4.69, 9.17) is 14.2 Å². The number of rotatable bonds is 6. The lowest BCUT2D eigenvalue weighted by atomic mass is 9.74. The molecule has 1 aromatic rings. The molecule has 1 aromatic carbocycles. The van der Waals surface area contributed by atoms with Gasteiger partial charge in [-0.25, -0.2) is 0 Å². The zero-order chi connectivity index (χ0) is 16.2. The van der Waals surface area contributed by atoms with Gasteiger partial charge < -0.3 is 14.2 Å². The lowest BCUT2D eigenvalue weighted by molar-refractivity contribution is -0.319. The van der Waals surface area contributed by atoms with Crippen LogP contribution in [0.1, 0.15) is 32.3 Å². The van der Waals surface area contributed by atoms with Crippen LogP contribution in [0.5, 0.6) is 5.75 Å². The second kappa shape index (κ2) is 6.63. The summed E-state index contributed by atoms with van der Waals surface area (Å²) in [6, 6.07) is 7.50. The van der Waals surface area contributed by atoms with Gasteiger partial charge in [0.25, 0.3) is 0 Å². The van der Waals surface area contributed by atoms with Crippen molar-refractivity contribution in [2.75, 3.05) is 20.3 Å². The molecule has 0 aromatic heterocycles. The van der Waals surface area contributed by atoms with E-state index in [0.29, 0.717) is 13.2 Å². The van der Waals surface area contributed by atoms with Crippen LogP contribution in [0, 0.1) is 5.41 Å². The van der Waals surface area contributed by atoms with Crippen molar-refractivity contribution >= 4 is 5.78 Å². The molecule has 0 N–H and O–H groups in total. The van der Waals surface area contributed by atoms with Crippen LogP contribution in [0.15, 0.2) is 36.9 Å². The molecule has 0 aliphatic carbocycles. The van der Waals surface area contributed by atoms with Gasteiger partial charge in [0, 0.05) is 12.0 Å². The summed E-state index contributed by atoms with van der Waals surface area (Å²) in [5, 5.41) is 0. The van der Waals surface area contributed by atoms with Crippen molar-refractivity contribution in [3.8, 4) is 5.75 Å². The van der Waals surface area contributed by atoms with E-state index in [1.54, 1.807) is 13.2 Å². The summed E-state index contributed by atoms with van der Waals surface area (Å²) in [6.07, 6.45) is 2.73. The van der Waals surface area contributed by atoms with Crippen molar-refractivity contribution in [2.45, 2.75) is 32.5 Å². The number of hydrogen-bond acceptors (Lipinski definition) is 4. The highest BCUT2D eigenvalue weighted by Crippen LogP contribution is 2.47. The van der Waals surface area contributed by atoms with Crippen LogP contribution in [0.25, 0.3) is 0 Å². The van der Waals surface area contributed by atoms with Gasteiger partial charge in [-0.3, -0.25) is 4.79 Å². The Morgan fingerprint density at radius 3 is 2.41 bits per heavy atom. The smallest absolute Gasteiger partial charge is 0.207 e. The van der Waals surface area contributed by atoms with Gasteiger partial charge in [-0.05, 0) is 44.5 Å². The van der Waals surface area contributed by atoms with E-state index >= 15 is 0 Å². The number of ketones is 1. The Morgan fingerprint density at radius 1 is 1.32 bits per heavy atom. The molecule has 0 saturated carbocycles. The lowest BCUT2D eigenvalue weighted by Crippen LogP contribution is -2.53. The standard InChI is InChI=1S/C18H24O4/c1-5-7-16(19)17(2,3)18(21-12-6-13-22-18)14-8-10-15(20-4)11-9-14/h5,8-11H,1,6-7,12-13H2,2-4H3. The van der Waals surface area contributed by atoms with E-state index in [1.165, 1.54) is 0 Å². The number of allylic oxidation sites excluding steroid dienone is 1. The van der Waals surface area contributed by atoms with Crippen LogP contribution in [-0.4, -0.2) is 26.1 Å². The minimum Gasteiger partial charge on any atom is -0.497 e. The number of ether oxygens (including phenoxy) is 3. The maximum absolute atomic E-state index is 12.6. The Kier molecular flexibility index (Phi) is 5.04. The predicted molar refractivity (Wildman–Crippen MR) is 84.8 cm³/mol. The third-order valence-electron chi connectivity index (χ3n) is 4.22. The monoisotopic (exact) mass is 304 g/mol. The zero-order valence-electron chi connectivity index (χ0n) is 13.6. The first-order chi connectivity index (χ1) is 10.5. The first kappa shape index (κ1) is 16.7. The molecule has 1 aliphatic rings. The molecule has 1 heterocycles. The molecule has 0 atom stereocenters. The Balaban J connectivity index is 2.46. The molecule has 1 aliphatic heterocycles. The first-order valence-electron chi connectivity index (χ1n) is 7.54. The van der Waals surface area contributed by atoms with Crippen molar-refractivity contribution < 1.29 is 19.0 Å². The van der Waals surface area contributed by atoms with Gasteiger partial charge in [-0.15, -0.1) is 6.58 Å². The average molecular weight is 304 g/mol. The largest absolute Gasteiger partial charge is 0.497 e. The fourth-order valence-electron chi connectivity index (χ4n) is 2.80. The summed E-state index contributed by atoms with van der Waals surface area (Å²) in [7, 11) is 1.62. The number of hydrogen-bond donors (Lipinski definition) is 0. The molecule has 2 rings (SSSR count). The van der Waals surface area contributed by atoms with Crippen LogP contribution in [0.3, 0.4) is 0 Å². The Labute approximate surface area is 132 Å². The van der Waals surface area contributed by atoms with E-state index in [0.717, 1.165) is 17.7 Å². The summed E-state index contributed by atoms with van der Waals surface area (Å²) in [5.41, 5.74) is 0.00587. The zero-order valence-corrected chi connectivity index (χ0v) is 13.6. The molecule has 1 saturated heterocycles. The topological polar surface area (TPSA) is 44.8 Å². The van der Waals surface area contributed by atoms with Gasteiger partial charge in [0.1, 0.15) is 11.5 Å². The first-order valence-corrected chi connectivity index (χ1v) is 7.54. The van der Waals surface area contributed by atoms with Gasteiger partial charge in [-0.1, -0.05) is 6.08 Å². The second-order valence-electron chi connectivity index (χ2n) is 5.94. The van der Waals surface area contributed by atoms with Crippen molar-refractivity contribution in [2.24, 2.45) is 5.41 Å². The number of carbonyl (C=O) groups is 1. The number of carbonyl (C=O) groups excluding carboxylic acids is 1. The molecule has 0 radical (unpaired) electrons. The molecule has 4 nitrogen and oxygen atoms in total. The summed E-state index contributed by atoms with van der Waals surface area (Å²) in [4.78, 5) is 12.6. The second-order valence-corrected chi connectivity index (χ2v) is 5.94. The highest BCUT2D eigenvalue weighted by molar-refractivity contribution is 5.86. The lowest BCUT2D eigenvalue weighted by Gasteiger charge is -2.47. The Morgan fingerprint density at radius 2 is 1.91 bits per heavy atom. The fraction of sp³-hybridized carbons (Fsp3) is 0.500. The third-order valence-corrected chi connectivity index (χ3v) is 4.22. The molecule has 22 heavy (non-hydrogen) atoms. The van der Waals surface area contributed by atoms with Gasteiger partial charge in [-0.2, -0.15) is 0 Å². The number of methoxy groups -OCH3 is 1. The van der Waals surface area contributed by atoms with E-state index in [1.807, 2.05) is 38.1 Å². The molecule has 0 bridgehead atoms. The fourth-order valence-corrected chi connectivity index (χ4v) is 2.80. The minimum atomic E-state index is -1.07. The minimum absolute atomic E-state index is 0.0419. The summed E-state index contributed by atoms with van der Waals surface area (Å²) in [6.45, 7) is 8.53. The molecule has 0 spiro atoms. The molecule has 0 unspecified atom stereocenters. The van der Waals surface area contributed by atoms with Crippen molar-refractivity contribution in [1.82, 2.24) is 0 Å². The van der Waals surface area contributed by atoms with E-state index in [9.17, 15) is 4.79 Å².